The molecule has 0 fully saturated rings. The van der Waals surface area contributed by atoms with Gasteiger partial charge in [0, 0.05) is 23.9 Å². The van der Waals surface area contributed by atoms with E-state index in [1.54, 1.807) is 31.3 Å². The third-order valence-corrected chi connectivity index (χ3v) is 3.62. The molecule has 1 aromatic heterocycles. The standard InChI is InChI=1S/C18H13F3N2O2/c1-23(14-5-3-2-4-6-14)16(24)13-9-7-12(8-10-13)15-11-25-17(22-15)18(19,20)21/h2-11H,1H3. The van der Waals surface area contributed by atoms with E-state index in [0.717, 1.165) is 12.0 Å². The summed E-state index contributed by atoms with van der Waals surface area (Å²) in [5, 5.41) is 0. The van der Waals surface area contributed by atoms with Crippen molar-refractivity contribution >= 4 is 11.6 Å². The van der Waals surface area contributed by atoms with Gasteiger partial charge in [-0.05, 0) is 24.3 Å². The lowest BCUT2D eigenvalue weighted by molar-refractivity contribution is -0.157. The minimum absolute atomic E-state index is 0.0581. The minimum atomic E-state index is -4.63. The Labute approximate surface area is 141 Å². The third kappa shape index (κ3) is 3.55. The number of nitrogens with zero attached hydrogens (tertiary/aromatic N) is 2. The zero-order valence-corrected chi connectivity index (χ0v) is 13.1. The van der Waals surface area contributed by atoms with Gasteiger partial charge in [-0.25, -0.2) is 4.98 Å². The zero-order valence-electron chi connectivity index (χ0n) is 13.1. The predicted octanol–water partition coefficient (Wildman–Crippen LogP) is 4.64. The third-order valence-electron chi connectivity index (χ3n) is 3.62. The van der Waals surface area contributed by atoms with Crippen LogP contribution in [0.25, 0.3) is 11.3 Å². The molecule has 1 heterocycles. The fourth-order valence-corrected chi connectivity index (χ4v) is 2.28. The molecule has 7 heteroatoms. The summed E-state index contributed by atoms with van der Waals surface area (Å²) in [6.07, 6.45) is -3.69. The highest BCUT2D eigenvalue weighted by Gasteiger charge is 2.37. The van der Waals surface area contributed by atoms with E-state index in [1.807, 2.05) is 18.2 Å². The van der Waals surface area contributed by atoms with Gasteiger partial charge < -0.3 is 9.32 Å². The van der Waals surface area contributed by atoms with Gasteiger partial charge in [-0.3, -0.25) is 4.79 Å². The van der Waals surface area contributed by atoms with Crippen molar-refractivity contribution in [3.05, 3.63) is 72.3 Å². The highest BCUT2D eigenvalue weighted by atomic mass is 19.4. The van der Waals surface area contributed by atoms with Crippen LogP contribution < -0.4 is 4.90 Å². The Morgan fingerprint density at radius 1 is 1.04 bits per heavy atom. The Hall–Kier alpha value is -3.09. The lowest BCUT2D eigenvalue weighted by Crippen LogP contribution is -2.25. The number of aromatic nitrogens is 1. The van der Waals surface area contributed by atoms with E-state index in [0.29, 0.717) is 11.1 Å². The topological polar surface area (TPSA) is 46.3 Å². The Morgan fingerprint density at radius 2 is 1.68 bits per heavy atom. The molecule has 3 aromatic rings. The molecule has 0 aliphatic carbocycles. The quantitative estimate of drug-likeness (QED) is 0.694. The van der Waals surface area contributed by atoms with Crippen molar-refractivity contribution in [2.75, 3.05) is 11.9 Å². The van der Waals surface area contributed by atoms with Gasteiger partial charge in [-0.1, -0.05) is 30.3 Å². The summed E-state index contributed by atoms with van der Waals surface area (Å²) in [5.41, 5.74) is 1.64. The molecule has 4 nitrogen and oxygen atoms in total. The van der Waals surface area contributed by atoms with Gasteiger partial charge in [0.2, 0.25) is 0 Å². The first-order chi connectivity index (χ1) is 11.9. The summed E-state index contributed by atoms with van der Waals surface area (Å²) in [6, 6.07) is 15.3. The molecule has 1 amide bonds. The molecule has 0 radical (unpaired) electrons. The van der Waals surface area contributed by atoms with Crippen molar-refractivity contribution in [1.82, 2.24) is 4.98 Å². The summed E-state index contributed by atoms with van der Waals surface area (Å²) in [4.78, 5) is 17.4. The number of carbonyl (C=O) groups is 1. The SMILES string of the molecule is CN(C(=O)c1ccc(-c2coc(C(F)(F)F)n2)cc1)c1ccccc1. The van der Waals surface area contributed by atoms with Crippen molar-refractivity contribution in [3.8, 4) is 11.3 Å². The minimum Gasteiger partial charge on any atom is -0.441 e. The maximum atomic E-state index is 12.5. The number of para-hydroxylation sites is 1. The number of hydrogen-bond acceptors (Lipinski definition) is 3. The number of amides is 1. The molecule has 0 aliphatic heterocycles. The van der Waals surface area contributed by atoms with E-state index < -0.39 is 12.1 Å². The van der Waals surface area contributed by atoms with Crippen LogP contribution in [0.3, 0.4) is 0 Å². The van der Waals surface area contributed by atoms with E-state index in [4.69, 9.17) is 0 Å². The van der Waals surface area contributed by atoms with Gasteiger partial charge in [0.15, 0.2) is 0 Å². The van der Waals surface area contributed by atoms with Gasteiger partial charge in [0.1, 0.15) is 12.0 Å². The Bertz CT molecular complexity index is 871. The van der Waals surface area contributed by atoms with Gasteiger partial charge in [-0.15, -0.1) is 0 Å². The van der Waals surface area contributed by atoms with Crippen LogP contribution in [-0.4, -0.2) is 17.9 Å². The summed E-state index contributed by atoms with van der Waals surface area (Å²) in [7, 11) is 1.65. The Kier molecular flexibility index (Phi) is 4.31. The normalized spacial score (nSPS) is 11.4. The van der Waals surface area contributed by atoms with Crippen molar-refractivity contribution in [1.29, 1.82) is 0 Å². The summed E-state index contributed by atoms with van der Waals surface area (Å²) >= 11 is 0. The van der Waals surface area contributed by atoms with Crippen LogP contribution in [0.1, 0.15) is 16.2 Å². The maximum absolute atomic E-state index is 12.5. The lowest BCUT2D eigenvalue weighted by Gasteiger charge is -2.17. The van der Waals surface area contributed by atoms with E-state index >= 15 is 0 Å². The molecule has 0 atom stereocenters. The van der Waals surface area contributed by atoms with Crippen LogP contribution >= 0.6 is 0 Å². The molecule has 3 rings (SSSR count). The number of carbonyl (C=O) groups excluding carboxylic acids is 1. The van der Waals surface area contributed by atoms with Gasteiger partial charge >= 0.3 is 12.1 Å². The molecule has 0 bridgehead atoms. The monoisotopic (exact) mass is 346 g/mol. The molecule has 0 N–H and O–H groups in total. The first-order valence-corrected chi connectivity index (χ1v) is 7.32. The number of rotatable bonds is 3. The number of anilines is 1. The predicted molar refractivity (Wildman–Crippen MR) is 86.1 cm³/mol. The van der Waals surface area contributed by atoms with Gasteiger partial charge in [-0.2, -0.15) is 13.2 Å². The highest BCUT2D eigenvalue weighted by Crippen LogP contribution is 2.31. The first kappa shape index (κ1) is 16.8. The van der Waals surface area contributed by atoms with Crippen LogP contribution in [-0.2, 0) is 6.18 Å². The second kappa shape index (κ2) is 6.43. The molecule has 25 heavy (non-hydrogen) atoms. The fourth-order valence-electron chi connectivity index (χ4n) is 2.28. The summed E-state index contributed by atoms with van der Waals surface area (Å²) < 4.78 is 42.0. The molecule has 2 aromatic carbocycles. The highest BCUT2D eigenvalue weighted by molar-refractivity contribution is 6.05. The molecule has 0 unspecified atom stereocenters. The van der Waals surface area contributed by atoms with E-state index in [-0.39, 0.29) is 11.6 Å². The maximum Gasteiger partial charge on any atom is 0.468 e. The average molecular weight is 346 g/mol. The summed E-state index contributed by atoms with van der Waals surface area (Å²) in [6.45, 7) is 0. The molecular weight excluding hydrogens is 333 g/mol. The zero-order chi connectivity index (χ0) is 18.0. The van der Waals surface area contributed by atoms with Crippen LogP contribution in [0, 0.1) is 0 Å². The molecule has 0 saturated heterocycles. The smallest absolute Gasteiger partial charge is 0.441 e. The van der Waals surface area contributed by atoms with Crippen LogP contribution in [0.4, 0.5) is 18.9 Å². The van der Waals surface area contributed by atoms with E-state index in [1.165, 1.54) is 17.0 Å². The fraction of sp³-hybridized carbons (Fsp3) is 0.111. The molecular formula is C18H13F3N2O2. The van der Waals surface area contributed by atoms with Crippen molar-refractivity contribution in [3.63, 3.8) is 0 Å². The van der Waals surface area contributed by atoms with E-state index in [9.17, 15) is 18.0 Å². The van der Waals surface area contributed by atoms with Gasteiger partial charge in [0.25, 0.3) is 5.91 Å². The van der Waals surface area contributed by atoms with E-state index in [2.05, 4.69) is 9.40 Å². The first-order valence-electron chi connectivity index (χ1n) is 7.32. The van der Waals surface area contributed by atoms with Crippen molar-refractivity contribution in [2.45, 2.75) is 6.18 Å². The van der Waals surface area contributed by atoms with Crippen LogP contribution in [0.5, 0.6) is 0 Å². The largest absolute Gasteiger partial charge is 0.468 e. The number of benzene rings is 2. The number of oxazole rings is 1. The molecule has 0 saturated carbocycles. The second-order valence-electron chi connectivity index (χ2n) is 5.31. The van der Waals surface area contributed by atoms with Crippen molar-refractivity contribution in [2.24, 2.45) is 0 Å². The molecule has 0 spiro atoms. The average Bonchev–Trinajstić information content (AvgIpc) is 3.12. The molecule has 128 valence electrons. The van der Waals surface area contributed by atoms with Crippen LogP contribution in [0.15, 0.2) is 65.3 Å². The van der Waals surface area contributed by atoms with Gasteiger partial charge in [0.05, 0.1) is 0 Å². The Balaban J connectivity index is 1.80. The number of alkyl halides is 3. The lowest BCUT2D eigenvalue weighted by atomic mass is 10.1. The molecule has 0 aliphatic rings. The second-order valence-corrected chi connectivity index (χ2v) is 5.31. The number of halogens is 3. The van der Waals surface area contributed by atoms with Crippen LogP contribution in [0.2, 0.25) is 0 Å². The summed E-state index contributed by atoms with van der Waals surface area (Å²) in [5.74, 6) is -1.53. The Morgan fingerprint density at radius 3 is 2.24 bits per heavy atom. The van der Waals surface area contributed by atoms with Crippen molar-refractivity contribution < 1.29 is 22.4 Å². The number of hydrogen-bond donors (Lipinski definition) is 0.